The summed E-state index contributed by atoms with van der Waals surface area (Å²) in [4.78, 5) is 15.2. The summed E-state index contributed by atoms with van der Waals surface area (Å²) in [6.45, 7) is 1.94. The van der Waals surface area contributed by atoms with E-state index in [1.54, 1.807) is 14.2 Å². The summed E-state index contributed by atoms with van der Waals surface area (Å²) in [5, 5.41) is 9.15. The number of rotatable bonds is 8. The molecule has 206 valence electrons. The summed E-state index contributed by atoms with van der Waals surface area (Å²) in [6, 6.07) is 19.5. The summed E-state index contributed by atoms with van der Waals surface area (Å²) in [6.07, 6.45) is 4.06. The number of methoxy groups -OCH3 is 3. The second-order valence-corrected chi connectivity index (χ2v) is 11.5. The number of nitrogens with one attached hydrogen (secondary N) is 2. The van der Waals surface area contributed by atoms with Gasteiger partial charge in [0.15, 0.2) is 16.6 Å². The summed E-state index contributed by atoms with van der Waals surface area (Å²) >= 11 is 7.02. The lowest BCUT2D eigenvalue weighted by Gasteiger charge is -2.46. The SMILES string of the molecule is COC(=O)c1sccc1NC(=S)NC1CCC2(c3ccc(OC)c(OC)c3)CCN(Cc3ccccc3)C2C1. The highest BCUT2D eigenvalue weighted by Crippen LogP contribution is 2.50. The van der Waals surface area contributed by atoms with Gasteiger partial charge in [-0.25, -0.2) is 4.79 Å². The Bertz CT molecular complexity index is 1310. The van der Waals surface area contributed by atoms with E-state index >= 15 is 0 Å². The summed E-state index contributed by atoms with van der Waals surface area (Å²) < 4.78 is 16.1. The van der Waals surface area contributed by atoms with Crippen molar-refractivity contribution in [2.45, 2.75) is 49.7 Å². The minimum Gasteiger partial charge on any atom is -0.493 e. The normalized spacial score (nSPS) is 22.5. The number of esters is 1. The van der Waals surface area contributed by atoms with Crippen LogP contribution in [0.4, 0.5) is 5.69 Å². The minimum absolute atomic E-state index is 0.0208. The molecule has 2 fully saturated rings. The number of nitrogens with zero attached hydrogens (tertiary/aromatic N) is 1. The average molecular weight is 566 g/mol. The molecule has 0 spiro atoms. The Morgan fingerprint density at radius 3 is 2.62 bits per heavy atom. The van der Waals surface area contributed by atoms with Gasteiger partial charge in [-0.05, 0) is 79.2 Å². The number of hydrogen-bond acceptors (Lipinski definition) is 7. The van der Waals surface area contributed by atoms with Gasteiger partial charge in [-0.1, -0.05) is 36.4 Å². The third-order valence-corrected chi connectivity index (χ3v) is 9.29. The van der Waals surface area contributed by atoms with Crippen molar-refractivity contribution in [2.24, 2.45) is 0 Å². The number of ether oxygens (including phenoxy) is 3. The van der Waals surface area contributed by atoms with Gasteiger partial charge in [0.25, 0.3) is 0 Å². The zero-order valence-electron chi connectivity index (χ0n) is 22.6. The minimum atomic E-state index is -0.366. The summed E-state index contributed by atoms with van der Waals surface area (Å²) in [7, 11) is 4.76. The fourth-order valence-corrected chi connectivity index (χ4v) is 7.31. The molecule has 1 saturated carbocycles. The quantitative estimate of drug-likeness (QED) is 0.270. The Hall–Kier alpha value is -3.14. The van der Waals surface area contributed by atoms with Gasteiger partial charge in [0, 0.05) is 24.0 Å². The molecule has 1 saturated heterocycles. The van der Waals surface area contributed by atoms with Crippen LogP contribution in [0.25, 0.3) is 0 Å². The Kier molecular flexibility index (Phi) is 8.40. The maximum absolute atomic E-state index is 12.1. The van der Waals surface area contributed by atoms with E-state index in [0.717, 1.165) is 50.3 Å². The van der Waals surface area contributed by atoms with Crippen LogP contribution in [0.3, 0.4) is 0 Å². The molecule has 39 heavy (non-hydrogen) atoms. The Morgan fingerprint density at radius 2 is 1.87 bits per heavy atom. The number of anilines is 1. The van der Waals surface area contributed by atoms with Crippen LogP contribution in [0.1, 0.15) is 46.5 Å². The number of fused-ring (bicyclic) bond motifs is 1. The van der Waals surface area contributed by atoms with Crippen molar-refractivity contribution in [3.8, 4) is 11.5 Å². The number of hydrogen-bond donors (Lipinski definition) is 2. The van der Waals surface area contributed by atoms with E-state index < -0.39 is 0 Å². The van der Waals surface area contributed by atoms with Crippen molar-refractivity contribution in [1.29, 1.82) is 0 Å². The van der Waals surface area contributed by atoms with Gasteiger partial charge < -0.3 is 24.8 Å². The maximum Gasteiger partial charge on any atom is 0.350 e. The van der Waals surface area contributed by atoms with E-state index in [0.29, 0.717) is 21.7 Å². The predicted octanol–water partition coefficient (Wildman–Crippen LogP) is 5.60. The third kappa shape index (κ3) is 5.62. The molecule has 1 aliphatic heterocycles. The number of thiophene rings is 1. The molecule has 9 heteroatoms. The molecule has 5 rings (SSSR count). The van der Waals surface area contributed by atoms with Crippen molar-refractivity contribution in [3.63, 3.8) is 0 Å². The van der Waals surface area contributed by atoms with Crippen LogP contribution >= 0.6 is 23.6 Å². The van der Waals surface area contributed by atoms with E-state index in [-0.39, 0.29) is 17.4 Å². The van der Waals surface area contributed by atoms with Gasteiger partial charge in [0.05, 0.1) is 27.0 Å². The van der Waals surface area contributed by atoms with Crippen LogP contribution in [-0.2, 0) is 16.7 Å². The molecule has 0 bridgehead atoms. The van der Waals surface area contributed by atoms with Crippen molar-refractivity contribution < 1.29 is 19.0 Å². The molecule has 1 aliphatic carbocycles. The summed E-state index contributed by atoms with van der Waals surface area (Å²) in [5.74, 6) is 1.16. The van der Waals surface area contributed by atoms with Crippen molar-refractivity contribution in [2.75, 3.05) is 33.2 Å². The van der Waals surface area contributed by atoms with Crippen LogP contribution in [0, 0.1) is 0 Å². The number of likely N-dealkylation sites (tertiary alicyclic amines) is 1. The summed E-state index contributed by atoms with van der Waals surface area (Å²) in [5.41, 5.74) is 3.32. The highest BCUT2D eigenvalue weighted by Gasteiger charge is 2.51. The first kappa shape index (κ1) is 27.4. The first-order valence-electron chi connectivity index (χ1n) is 13.2. The second kappa shape index (κ2) is 11.9. The van der Waals surface area contributed by atoms with Gasteiger partial charge in [-0.3, -0.25) is 4.90 Å². The average Bonchev–Trinajstić information content (AvgIpc) is 3.58. The Labute approximate surface area is 239 Å². The van der Waals surface area contributed by atoms with Crippen molar-refractivity contribution >= 4 is 40.3 Å². The molecular formula is C30H35N3O4S2. The molecule has 1 aromatic heterocycles. The van der Waals surface area contributed by atoms with Crippen LogP contribution in [-0.4, -0.2) is 55.9 Å². The number of carbonyl (C=O) groups excluding carboxylic acids is 1. The number of benzene rings is 2. The van der Waals surface area contributed by atoms with E-state index in [4.69, 9.17) is 26.4 Å². The molecule has 2 N–H and O–H groups in total. The van der Waals surface area contributed by atoms with Crippen LogP contribution < -0.4 is 20.1 Å². The predicted molar refractivity (Wildman–Crippen MR) is 159 cm³/mol. The van der Waals surface area contributed by atoms with Crippen LogP contribution in [0.15, 0.2) is 60.0 Å². The molecule has 0 amide bonds. The standard InChI is InChI=1S/C30H35N3O4S2/c1-35-24-10-9-21(17-25(24)36-2)30-13-11-22(31-29(38)32-23-12-16-39-27(23)28(34)37-3)18-26(30)33(15-14-30)19-20-7-5-4-6-8-20/h4-10,12,16-17,22,26H,11,13-15,18-19H2,1-3H3,(H2,31,32,38). The molecule has 7 nitrogen and oxygen atoms in total. The van der Waals surface area contributed by atoms with Gasteiger partial charge in [-0.15, -0.1) is 11.3 Å². The lowest BCUT2D eigenvalue weighted by Crippen LogP contribution is -2.52. The van der Waals surface area contributed by atoms with Gasteiger partial charge in [-0.2, -0.15) is 0 Å². The second-order valence-electron chi connectivity index (χ2n) is 10.2. The maximum atomic E-state index is 12.1. The third-order valence-electron chi connectivity index (χ3n) is 8.18. The lowest BCUT2D eigenvalue weighted by atomic mass is 9.65. The topological polar surface area (TPSA) is 72.1 Å². The van der Waals surface area contributed by atoms with Crippen LogP contribution in [0.5, 0.6) is 11.5 Å². The first-order chi connectivity index (χ1) is 19.0. The molecule has 2 heterocycles. The fourth-order valence-electron chi connectivity index (χ4n) is 6.27. The molecule has 3 atom stereocenters. The molecule has 2 aliphatic rings. The largest absolute Gasteiger partial charge is 0.493 e. The van der Waals surface area contributed by atoms with Gasteiger partial charge in [0.2, 0.25) is 0 Å². The van der Waals surface area contributed by atoms with E-state index in [2.05, 4.69) is 58.0 Å². The van der Waals surface area contributed by atoms with Gasteiger partial charge >= 0.3 is 5.97 Å². The highest BCUT2D eigenvalue weighted by atomic mass is 32.1. The highest BCUT2D eigenvalue weighted by molar-refractivity contribution is 7.80. The van der Waals surface area contributed by atoms with Gasteiger partial charge in [0.1, 0.15) is 4.88 Å². The monoisotopic (exact) mass is 565 g/mol. The zero-order valence-corrected chi connectivity index (χ0v) is 24.2. The lowest BCUT2D eigenvalue weighted by molar-refractivity contribution is 0.0607. The van der Waals surface area contributed by atoms with Crippen LogP contribution in [0.2, 0.25) is 0 Å². The molecule has 3 aromatic rings. The first-order valence-corrected chi connectivity index (χ1v) is 14.5. The van der Waals surface area contributed by atoms with Crippen molar-refractivity contribution in [3.05, 3.63) is 76.0 Å². The zero-order chi connectivity index (χ0) is 27.4. The van der Waals surface area contributed by atoms with E-state index in [1.165, 1.54) is 29.6 Å². The molecular weight excluding hydrogens is 530 g/mol. The fraction of sp³-hybridized carbons (Fsp3) is 0.400. The molecule has 3 unspecified atom stereocenters. The van der Waals surface area contributed by atoms with E-state index in [9.17, 15) is 4.79 Å². The molecule has 2 aromatic carbocycles. The number of carbonyl (C=O) groups is 1. The molecule has 0 radical (unpaired) electrons. The number of thiocarbonyl (C=S) groups is 1. The van der Waals surface area contributed by atoms with E-state index in [1.807, 2.05) is 17.5 Å². The van der Waals surface area contributed by atoms with Crippen molar-refractivity contribution in [1.82, 2.24) is 10.2 Å². The Morgan fingerprint density at radius 1 is 1.08 bits per heavy atom. The Balaban J connectivity index is 1.37. The smallest absolute Gasteiger partial charge is 0.350 e.